The average molecular weight is 896 g/mol. The second-order valence-corrected chi connectivity index (χ2v) is 17.0. The van der Waals surface area contributed by atoms with Crippen LogP contribution in [0.15, 0.2) is 97.2 Å². The quantitative estimate of drug-likeness (QED) is 0.136. The molecule has 6 heteroatoms. The maximum Gasteiger partial charge on any atom is 2.00 e. The molecule has 0 aliphatic rings. The van der Waals surface area contributed by atoms with E-state index in [2.05, 4.69) is 147 Å². The first-order valence-corrected chi connectivity index (χ1v) is 19.0. The first kappa shape index (κ1) is 39.2. The largest absolute Gasteiger partial charge is 2.00 e. The third kappa shape index (κ3) is 7.98. The van der Waals surface area contributed by atoms with Gasteiger partial charge in [0.2, 0.25) is 0 Å². The van der Waals surface area contributed by atoms with Gasteiger partial charge in [0.05, 0.1) is 5.69 Å². The molecule has 7 rings (SSSR count). The molecule has 0 amide bonds. The van der Waals surface area contributed by atoms with Crippen LogP contribution in [0.2, 0.25) is 0 Å². The maximum absolute atomic E-state index is 6.54. The molecular weight excluding hydrogens is 844 g/mol. The Morgan fingerprint density at radius 1 is 0.778 bits per heavy atom. The first-order valence-electron chi connectivity index (χ1n) is 19.0. The molecule has 0 aliphatic heterocycles. The molecule has 7 aromatic rings. The van der Waals surface area contributed by atoms with E-state index in [0.717, 1.165) is 63.3 Å². The van der Waals surface area contributed by atoms with Gasteiger partial charge in [-0.1, -0.05) is 103 Å². The second-order valence-electron chi connectivity index (χ2n) is 17.0. The standard InChI is InChI=1S/C48H52N4O.Pt/c1-31(32(2)48(8,9)10)37-19-22-43-42(28-37)41-21-20-40(30-44(41)51(43)45-27-35(24-26-49-45)23-25-47(5,6)7)53-39-18-14-17-38(29-39)52-34(4)46(33(3)50-52)36-15-12-11-13-16-36;/h11-22,24,26-28,31-32H,23,25H2,1-10H3;/q-2;+2. The predicted octanol–water partition coefficient (Wildman–Crippen LogP) is 12.8. The molecule has 4 aromatic carbocycles. The van der Waals surface area contributed by atoms with Gasteiger partial charge in [0.15, 0.2) is 0 Å². The van der Waals surface area contributed by atoms with Gasteiger partial charge in [-0.25, -0.2) is 4.98 Å². The summed E-state index contributed by atoms with van der Waals surface area (Å²) >= 11 is 0. The Balaban J connectivity index is 0.00000497. The minimum absolute atomic E-state index is 0. The van der Waals surface area contributed by atoms with Crippen LogP contribution in [0.4, 0.5) is 0 Å². The molecule has 0 bridgehead atoms. The Morgan fingerprint density at radius 3 is 2.24 bits per heavy atom. The van der Waals surface area contributed by atoms with Gasteiger partial charge in [-0.3, -0.25) is 4.68 Å². The smallest absolute Gasteiger partial charge is 0.509 e. The van der Waals surface area contributed by atoms with Crippen LogP contribution in [0.25, 0.3) is 44.4 Å². The third-order valence-corrected chi connectivity index (χ3v) is 11.1. The number of nitrogens with zero attached hydrogens (tertiary/aromatic N) is 4. The van der Waals surface area contributed by atoms with Crippen LogP contribution in [0.5, 0.6) is 11.5 Å². The van der Waals surface area contributed by atoms with Gasteiger partial charge >= 0.3 is 21.1 Å². The van der Waals surface area contributed by atoms with E-state index >= 15 is 0 Å². The monoisotopic (exact) mass is 895 g/mol. The number of pyridine rings is 1. The molecular formula is C48H52N4OPt. The Morgan fingerprint density at radius 2 is 1.52 bits per heavy atom. The van der Waals surface area contributed by atoms with E-state index in [1.54, 1.807) is 0 Å². The number of benzene rings is 4. The van der Waals surface area contributed by atoms with Crippen LogP contribution in [0.3, 0.4) is 0 Å². The third-order valence-electron chi connectivity index (χ3n) is 11.1. The molecule has 2 unspecified atom stereocenters. The zero-order chi connectivity index (χ0) is 37.7. The van der Waals surface area contributed by atoms with E-state index in [-0.39, 0.29) is 31.9 Å². The number of hydrogen-bond donors (Lipinski definition) is 0. The predicted molar refractivity (Wildman–Crippen MR) is 220 cm³/mol. The topological polar surface area (TPSA) is 44.9 Å². The average Bonchev–Trinajstić information content (AvgIpc) is 3.61. The van der Waals surface area contributed by atoms with Crippen molar-refractivity contribution in [3.63, 3.8) is 0 Å². The van der Waals surface area contributed by atoms with Crippen molar-refractivity contribution in [1.29, 1.82) is 0 Å². The summed E-state index contributed by atoms with van der Waals surface area (Å²) in [5.41, 5.74) is 10.3. The molecule has 0 N–H and O–H groups in total. The summed E-state index contributed by atoms with van der Waals surface area (Å²) in [7, 11) is 0. The zero-order valence-electron chi connectivity index (χ0n) is 33.3. The fourth-order valence-corrected chi connectivity index (χ4v) is 7.46. The summed E-state index contributed by atoms with van der Waals surface area (Å²) in [5, 5.41) is 7.23. The van der Waals surface area contributed by atoms with Crippen molar-refractivity contribution in [2.45, 2.75) is 88.0 Å². The van der Waals surface area contributed by atoms with Crippen molar-refractivity contribution < 1.29 is 25.8 Å². The maximum atomic E-state index is 6.54. The molecule has 0 radical (unpaired) electrons. The van der Waals surface area contributed by atoms with Gasteiger partial charge in [0.25, 0.3) is 0 Å². The summed E-state index contributed by atoms with van der Waals surface area (Å²) in [4.78, 5) is 4.93. The number of rotatable bonds is 9. The summed E-state index contributed by atoms with van der Waals surface area (Å²) in [6.45, 7) is 22.8. The Kier molecular flexibility index (Phi) is 11.1. The van der Waals surface area contributed by atoms with E-state index in [4.69, 9.17) is 14.8 Å². The normalized spacial score (nSPS) is 13.2. The molecule has 0 saturated heterocycles. The Bertz CT molecular complexity index is 2410. The van der Waals surface area contributed by atoms with Crippen molar-refractivity contribution in [1.82, 2.24) is 19.3 Å². The van der Waals surface area contributed by atoms with Gasteiger partial charge in [0, 0.05) is 34.5 Å². The molecule has 5 nitrogen and oxygen atoms in total. The van der Waals surface area contributed by atoms with E-state index in [1.165, 1.54) is 16.5 Å². The van der Waals surface area contributed by atoms with Gasteiger partial charge in [-0.15, -0.1) is 35.7 Å². The molecule has 3 aromatic heterocycles. The molecule has 3 heterocycles. The summed E-state index contributed by atoms with van der Waals surface area (Å²) in [6.07, 6.45) is 4.03. The number of ether oxygens (including phenoxy) is 1. The van der Waals surface area contributed by atoms with Gasteiger partial charge in [0.1, 0.15) is 5.82 Å². The van der Waals surface area contributed by atoms with Gasteiger partial charge in [-0.2, -0.15) is 17.2 Å². The van der Waals surface area contributed by atoms with Crippen molar-refractivity contribution in [2.75, 3.05) is 0 Å². The van der Waals surface area contributed by atoms with Crippen molar-refractivity contribution in [3.05, 3.63) is 132 Å². The molecule has 0 spiro atoms. The molecule has 54 heavy (non-hydrogen) atoms. The Labute approximate surface area is 336 Å². The van der Waals surface area contributed by atoms with Gasteiger partial charge in [-0.05, 0) is 95.3 Å². The van der Waals surface area contributed by atoms with E-state index in [1.807, 2.05) is 41.2 Å². The van der Waals surface area contributed by atoms with E-state index in [0.29, 0.717) is 23.3 Å². The first-order chi connectivity index (χ1) is 25.2. The minimum atomic E-state index is 0. The van der Waals surface area contributed by atoms with Crippen LogP contribution >= 0.6 is 0 Å². The number of aromatic nitrogens is 4. The number of aryl methyl sites for hydroxylation is 2. The fourth-order valence-electron chi connectivity index (χ4n) is 7.46. The number of fused-ring (bicyclic) bond motifs is 3. The fraction of sp³-hybridized carbons (Fsp3) is 0.333. The summed E-state index contributed by atoms with van der Waals surface area (Å²) in [6, 6.07) is 39.0. The zero-order valence-corrected chi connectivity index (χ0v) is 35.6. The summed E-state index contributed by atoms with van der Waals surface area (Å²) in [5.74, 6) is 3.02. The van der Waals surface area contributed by atoms with Crippen LogP contribution < -0.4 is 4.74 Å². The van der Waals surface area contributed by atoms with Crippen LogP contribution in [-0.4, -0.2) is 19.3 Å². The second kappa shape index (κ2) is 15.3. The molecule has 0 saturated carbocycles. The van der Waals surface area contributed by atoms with Crippen LogP contribution in [0.1, 0.15) is 90.2 Å². The molecule has 0 fully saturated rings. The number of hydrogen-bond acceptors (Lipinski definition) is 3. The van der Waals surface area contributed by atoms with E-state index < -0.39 is 0 Å². The van der Waals surface area contributed by atoms with Crippen LogP contribution in [0, 0.1) is 42.7 Å². The van der Waals surface area contributed by atoms with Crippen LogP contribution in [-0.2, 0) is 27.5 Å². The van der Waals surface area contributed by atoms with Gasteiger partial charge < -0.3 is 9.30 Å². The molecule has 280 valence electrons. The van der Waals surface area contributed by atoms with Crippen molar-refractivity contribution in [2.24, 2.45) is 16.7 Å². The van der Waals surface area contributed by atoms with E-state index in [9.17, 15) is 0 Å². The Hall–Kier alpha value is -4.47. The molecule has 0 aliphatic carbocycles. The van der Waals surface area contributed by atoms with Crippen molar-refractivity contribution >= 4 is 21.8 Å². The molecule has 2 atom stereocenters. The minimum Gasteiger partial charge on any atom is -0.509 e. The van der Waals surface area contributed by atoms with Crippen molar-refractivity contribution in [3.8, 4) is 34.1 Å². The SMILES string of the molecule is Cc1nn(-c2[c-]c(Oc3[c-]c4c(cc3)c3cc(C(C)C(C)C(C)(C)C)ccc3n4-c3cc(CCC(C)(C)C)ccn3)ccc2)c(C)c1-c1ccccc1.[Pt+2]. The summed E-state index contributed by atoms with van der Waals surface area (Å²) < 4.78 is 10.7.